The van der Waals surface area contributed by atoms with Crippen LogP contribution in [0.25, 0.3) is 88.3 Å². The molecule has 2 nitrogen and oxygen atoms in total. The van der Waals surface area contributed by atoms with Gasteiger partial charge in [-0.3, -0.25) is 0 Å². The van der Waals surface area contributed by atoms with Crippen LogP contribution in [0.3, 0.4) is 0 Å². The summed E-state index contributed by atoms with van der Waals surface area (Å²) in [7, 11) is 0. The summed E-state index contributed by atoms with van der Waals surface area (Å²) in [5, 5.41) is 4.59. The molecular formula is C58H39NO. The number of hydrogen-bond acceptors (Lipinski definition) is 2. The molecule has 11 aromatic rings. The van der Waals surface area contributed by atoms with Crippen LogP contribution in [0.4, 0.5) is 17.1 Å². The number of rotatable bonds is 8. The first-order valence-corrected chi connectivity index (χ1v) is 20.5. The molecule has 0 N–H and O–H groups in total. The summed E-state index contributed by atoms with van der Waals surface area (Å²) in [6.45, 7) is 0. The van der Waals surface area contributed by atoms with E-state index >= 15 is 0 Å². The summed E-state index contributed by atoms with van der Waals surface area (Å²) in [5.74, 6) is 0. The van der Waals surface area contributed by atoms with E-state index in [0.29, 0.717) is 0 Å². The maximum Gasteiger partial charge on any atom is 0.137 e. The molecule has 0 aliphatic rings. The van der Waals surface area contributed by atoms with Gasteiger partial charge in [-0.2, -0.15) is 0 Å². The first-order valence-electron chi connectivity index (χ1n) is 20.5. The first-order chi connectivity index (χ1) is 29.8. The van der Waals surface area contributed by atoms with Gasteiger partial charge in [-0.25, -0.2) is 0 Å². The third-order valence-electron chi connectivity index (χ3n) is 11.7. The predicted molar refractivity (Wildman–Crippen MR) is 253 cm³/mol. The molecule has 0 radical (unpaired) electrons. The van der Waals surface area contributed by atoms with Crippen LogP contribution in [0.15, 0.2) is 241 Å². The number of nitrogens with zero attached hydrogens (tertiary/aromatic N) is 1. The second-order valence-electron chi connectivity index (χ2n) is 15.2. The molecule has 282 valence electrons. The molecule has 0 aliphatic carbocycles. The van der Waals surface area contributed by atoms with Crippen LogP contribution in [-0.2, 0) is 0 Å². The highest BCUT2D eigenvalue weighted by Gasteiger charge is 2.21. The minimum Gasteiger partial charge on any atom is -0.456 e. The van der Waals surface area contributed by atoms with Crippen molar-refractivity contribution in [3.05, 3.63) is 237 Å². The number of benzene rings is 10. The fourth-order valence-electron chi connectivity index (χ4n) is 8.85. The number of anilines is 3. The Morgan fingerprint density at radius 3 is 1.37 bits per heavy atom. The number of furan rings is 1. The van der Waals surface area contributed by atoms with E-state index in [-0.39, 0.29) is 0 Å². The molecule has 0 atom stereocenters. The molecule has 2 heteroatoms. The van der Waals surface area contributed by atoms with Gasteiger partial charge in [-0.1, -0.05) is 182 Å². The van der Waals surface area contributed by atoms with E-state index in [1.165, 1.54) is 60.8 Å². The van der Waals surface area contributed by atoms with Crippen molar-refractivity contribution < 1.29 is 4.42 Å². The van der Waals surface area contributed by atoms with Crippen molar-refractivity contribution in [2.75, 3.05) is 4.90 Å². The van der Waals surface area contributed by atoms with Crippen LogP contribution in [-0.4, -0.2) is 0 Å². The van der Waals surface area contributed by atoms with Crippen molar-refractivity contribution in [3.63, 3.8) is 0 Å². The maximum absolute atomic E-state index is 6.48. The zero-order valence-corrected chi connectivity index (χ0v) is 32.9. The second kappa shape index (κ2) is 15.1. The van der Waals surface area contributed by atoms with Gasteiger partial charge in [0.05, 0.1) is 5.69 Å². The molecule has 11 rings (SSSR count). The molecule has 0 bridgehead atoms. The minimum absolute atomic E-state index is 0.860. The highest BCUT2D eigenvalue weighted by molar-refractivity contribution is 6.09. The van der Waals surface area contributed by atoms with Crippen molar-refractivity contribution in [3.8, 4) is 55.6 Å². The summed E-state index contributed by atoms with van der Waals surface area (Å²) >= 11 is 0. The zero-order valence-electron chi connectivity index (χ0n) is 32.9. The molecule has 0 saturated heterocycles. The third-order valence-corrected chi connectivity index (χ3v) is 11.7. The first kappa shape index (κ1) is 35.2. The van der Waals surface area contributed by atoms with E-state index in [2.05, 4.69) is 229 Å². The van der Waals surface area contributed by atoms with Crippen molar-refractivity contribution in [2.24, 2.45) is 0 Å². The van der Waals surface area contributed by atoms with E-state index in [0.717, 1.165) is 44.6 Å². The molecule has 60 heavy (non-hydrogen) atoms. The highest BCUT2D eigenvalue weighted by Crippen LogP contribution is 2.47. The average Bonchev–Trinajstić information content (AvgIpc) is 3.71. The lowest BCUT2D eigenvalue weighted by Gasteiger charge is -2.28. The summed E-state index contributed by atoms with van der Waals surface area (Å²) < 4.78 is 6.48. The van der Waals surface area contributed by atoms with Gasteiger partial charge in [0.15, 0.2) is 0 Å². The van der Waals surface area contributed by atoms with Gasteiger partial charge in [0.1, 0.15) is 11.2 Å². The van der Waals surface area contributed by atoms with Gasteiger partial charge in [0.2, 0.25) is 0 Å². The third kappa shape index (κ3) is 6.32. The Morgan fingerprint density at radius 1 is 0.267 bits per heavy atom. The van der Waals surface area contributed by atoms with Crippen molar-refractivity contribution in [1.82, 2.24) is 0 Å². The summed E-state index contributed by atoms with van der Waals surface area (Å²) in [6, 6.07) is 84.9. The van der Waals surface area contributed by atoms with Crippen LogP contribution < -0.4 is 4.90 Å². The normalized spacial score (nSPS) is 11.3. The molecule has 10 aromatic carbocycles. The van der Waals surface area contributed by atoms with Crippen molar-refractivity contribution >= 4 is 49.8 Å². The summed E-state index contributed by atoms with van der Waals surface area (Å²) in [5.41, 5.74) is 16.8. The lowest BCUT2D eigenvalue weighted by atomic mass is 9.84. The second-order valence-corrected chi connectivity index (χ2v) is 15.2. The van der Waals surface area contributed by atoms with Gasteiger partial charge in [0.25, 0.3) is 0 Å². The molecule has 0 aliphatic heterocycles. The van der Waals surface area contributed by atoms with E-state index in [9.17, 15) is 0 Å². The van der Waals surface area contributed by atoms with Crippen LogP contribution in [0, 0.1) is 0 Å². The quantitative estimate of drug-likeness (QED) is 0.153. The van der Waals surface area contributed by atoms with Gasteiger partial charge < -0.3 is 9.32 Å². The Kier molecular flexibility index (Phi) is 8.87. The van der Waals surface area contributed by atoms with Crippen LogP contribution in [0.5, 0.6) is 0 Å². The lowest BCUT2D eigenvalue weighted by molar-refractivity contribution is 0.669. The van der Waals surface area contributed by atoms with E-state index in [1.54, 1.807) is 0 Å². The van der Waals surface area contributed by atoms with Crippen molar-refractivity contribution in [2.45, 2.75) is 0 Å². The molecule has 0 unspecified atom stereocenters. The molecule has 0 saturated carbocycles. The predicted octanol–water partition coefficient (Wildman–Crippen LogP) is 16.5. The highest BCUT2D eigenvalue weighted by atomic mass is 16.3. The molecule has 1 aromatic heterocycles. The largest absolute Gasteiger partial charge is 0.456 e. The molecular weight excluding hydrogens is 727 g/mol. The Bertz CT molecular complexity index is 3220. The Hall–Kier alpha value is -7.94. The monoisotopic (exact) mass is 765 g/mol. The van der Waals surface area contributed by atoms with Crippen molar-refractivity contribution in [1.29, 1.82) is 0 Å². The minimum atomic E-state index is 0.860. The standard InChI is InChI=1S/C58H39NO/c1-5-17-40(18-6-1)45-37-53(42-21-9-3-10-22-42)58(54(38-45)43-23-11-4-12-24-43)44-29-31-46(32-30-44)59(47-33-34-52-51-27-15-16-28-56(51)60-57(52)39-47)55-36-35-48(41-19-7-2-8-20-41)49-25-13-14-26-50(49)55/h1-39H. The van der Waals surface area contributed by atoms with Crippen LogP contribution in [0.1, 0.15) is 0 Å². The Morgan fingerprint density at radius 2 is 0.750 bits per heavy atom. The van der Waals surface area contributed by atoms with E-state index in [1.807, 2.05) is 12.1 Å². The van der Waals surface area contributed by atoms with Gasteiger partial charge in [-0.15, -0.1) is 0 Å². The lowest BCUT2D eigenvalue weighted by Crippen LogP contribution is -2.10. The van der Waals surface area contributed by atoms with Crippen LogP contribution in [0.2, 0.25) is 0 Å². The fourth-order valence-corrected chi connectivity index (χ4v) is 8.85. The summed E-state index contributed by atoms with van der Waals surface area (Å²) in [4.78, 5) is 2.38. The van der Waals surface area contributed by atoms with Gasteiger partial charge >= 0.3 is 0 Å². The van der Waals surface area contributed by atoms with Crippen LogP contribution >= 0.6 is 0 Å². The van der Waals surface area contributed by atoms with Gasteiger partial charge in [0, 0.05) is 33.6 Å². The number of fused-ring (bicyclic) bond motifs is 4. The van der Waals surface area contributed by atoms with E-state index < -0.39 is 0 Å². The molecule has 0 fully saturated rings. The SMILES string of the molecule is c1ccc(-c2cc(-c3ccccc3)c(-c3ccc(N(c4ccc5c(c4)oc4ccccc45)c4ccc(-c5ccccc5)c5ccccc45)cc3)c(-c3ccccc3)c2)cc1. The molecule has 0 spiro atoms. The Labute approximate surface area is 349 Å². The average molecular weight is 766 g/mol. The smallest absolute Gasteiger partial charge is 0.137 e. The number of para-hydroxylation sites is 1. The maximum atomic E-state index is 6.48. The molecule has 1 heterocycles. The Balaban J connectivity index is 1.12. The number of hydrogen-bond donors (Lipinski definition) is 0. The zero-order chi connectivity index (χ0) is 39.8. The fraction of sp³-hybridized carbons (Fsp3) is 0. The van der Waals surface area contributed by atoms with Gasteiger partial charge in [-0.05, 0) is 110 Å². The van der Waals surface area contributed by atoms with E-state index in [4.69, 9.17) is 4.42 Å². The summed E-state index contributed by atoms with van der Waals surface area (Å²) in [6.07, 6.45) is 0. The topological polar surface area (TPSA) is 16.4 Å². The molecule has 0 amide bonds.